The van der Waals surface area contributed by atoms with Crippen LogP contribution in [0.4, 0.5) is 0 Å². The van der Waals surface area contributed by atoms with Crippen LogP contribution in [0.25, 0.3) is 0 Å². The van der Waals surface area contributed by atoms with E-state index in [1.165, 1.54) is 77.0 Å². The average Bonchev–Trinajstić information content (AvgIpc) is 2.85. The third kappa shape index (κ3) is 10.8. The quantitative estimate of drug-likeness (QED) is 0.318. The van der Waals surface area contributed by atoms with Gasteiger partial charge in [-0.25, -0.2) is 4.99 Å². The summed E-state index contributed by atoms with van der Waals surface area (Å²) >= 11 is 0. The average molecular weight is 324 g/mol. The molecule has 1 rings (SSSR count). The fraction of sp³-hybridized carbons (Fsp3) is 0.952. The van der Waals surface area contributed by atoms with Gasteiger partial charge in [0.05, 0.1) is 5.54 Å². The highest BCUT2D eigenvalue weighted by Gasteiger charge is 2.25. The Hall–Kier alpha value is -0.530. The van der Waals surface area contributed by atoms with E-state index in [0.717, 1.165) is 24.8 Å². The van der Waals surface area contributed by atoms with Gasteiger partial charge in [-0.3, -0.25) is 0 Å². The zero-order chi connectivity index (χ0) is 17.0. The molecule has 0 fully saturated rings. The first-order chi connectivity index (χ1) is 11.0. The second-order valence-electron chi connectivity index (χ2n) is 8.22. The Labute approximate surface area is 145 Å². The molecule has 2 nitrogen and oxygen atoms in total. The molecule has 0 aromatic rings. The van der Waals surface area contributed by atoms with Crippen LogP contribution in [-0.2, 0) is 4.74 Å². The zero-order valence-corrected chi connectivity index (χ0v) is 16.3. The number of hydrogen-bond donors (Lipinski definition) is 0. The van der Waals surface area contributed by atoms with Crippen molar-refractivity contribution in [3.8, 4) is 0 Å². The Balaban J connectivity index is 1.85. The van der Waals surface area contributed by atoms with Gasteiger partial charge in [0.2, 0.25) is 0 Å². The predicted octanol–water partition coefficient (Wildman–Crippen LogP) is 6.92. The van der Waals surface area contributed by atoms with Gasteiger partial charge in [-0.05, 0) is 26.2 Å². The predicted molar refractivity (Wildman–Crippen MR) is 102 cm³/mol. The van der Waals surface area contributed by atoms with Crippen molar-refractivity contribution in [1.82, 2.24) is 0 Å². The Kier molecular flexibility index (Phi) is 10.6. The maximum absolute atomic E-state index is 5.64. The van der Waals surface area contributed by atoms with Crippen molar-refractivity contribution in [3.05, 3.63) is 0 Å². The molecule has 0 spiro atoms. The second-order valence-corrected chi connectivity index (χ2v) is 8.22. The van der Waals surface area contributed by atoms with Gasteiger partial charge in [-0.15, -0.1) is 0 Å². The SMILES string of the molecule is CCCCCCC(C)CCCCCCCCC1=NC(C)(C)CO1. The van der Waals surface area contributed by atoms with Gasteiger partial charge < -0.3 is 4.74 Å². The summed E-state index contributed by atoms with van der Waals surface area (Å²) in [5, 5.41) is 0. The van der Waals surface area contributed by atoms with Crippen molar-refractivity contribution < 1.29 is 4.74 Å². The number of unbranched alkanes of at least 4 members (excludes halogenated alkanes) is 8. The Morgan fingerprint density at radius 1 is 0.913 bits per heavy atom. The third-order valence-electron chi connectivity index (χ3n) is 4.91. The van der Waals surface area contributed by atoms with E-state index in [1.807, 2.05) is 0 Å². The molecule has 136 valence electrons. The molecule has 1 unspecified atom stereocenters. The fourth-order valence-corrected chi connectivity index (χ4v) is 3.33. The second kappa shape index (κ2) is 11.9. The molecule has 0 aromatic carbocycles. The minimum absolute atomic E-state index is 0.0164. The molecule has 0 amide bonds. The summed E-state index contributed by atoms with van der Waals surface area (Å²) in [6.45, 7) is 9.78. The Morgan fingerprint density at radius 3 is 2.04 bits per heavy atom. The van der Waals surface area contributed by atoms with E-state index in [2.05, 4.69) is 32.7 Å². The van der Waals surface area contributed by atoms with Crippen molar-refractivity contribution in [2.24, 2.45) is 10.9 Å². The molecule has 0 saturated heterocycles. The van der Waals surface area contributed by atoms with Crippen LogP contribution < -0.4 is 0 Å². The normalized spacial score (nSPS) is 17.8. The highest BCUT2D eigenvalue weighted by molar-refractivity contribution is 5.78. The summed E-state index contributed by atoms with van der Waals surface area (Å²) in [5.41, 5.74) is 0.0164. The molecule has 0 aromatic heterocycles. The van der Waals surface area contributed by atoms with E-state index in [9.17, 15) is 0 Å². The molecule has 0 radical (unpaired) electrons. The van der Waals surface area contributed by atoms with Crippen molar-refractivity contribution >= 4 is 5.90 Å². The molecule has 1 aliphatic rings. The number of aliphatic imine (C=N–C) groups is 1. The minimum atomic E-state index is 0.0164. The smallest absolute Gasteiger partial charge is 0.183 e. The summed E-state index contributed by atoms with van der Waals surface area (Å²) in [7, 11) is 0. The van der Waals surface area contributed by atoms with Crippen LogP contribution in [0, 0.1) is 5.92 Å². The van der Waals surface area contributed by atoms with Crippen molar-refractivity contribution in [2.75, 3.05) is 6.61 Å². The number of rotatable bonds is 14. The highest BCUT2D eigenvalue weighted by atomic mass is 16.5. The topological polar surface area (TPSA) is 21.6 Å². The molecule has 23 heavy (non-hydrogen) atoms. The van der Waals surface area contributed by atoms with E-state index in [0.29, 0.717) is 0 Å². The lowest BCUT2D eigenvalue weighted by Gasteiger charge is -2.10. The van der Waals surface area contributed by atoms with Crippen molar-refractivity contribution in [2.45, 2.75) is 117 Å². The van der Waals surface area contributed by atoms with Crippen LogP contribution in [0.1, 0.15) is 111 Å². The molecule has 1 atom stereocenters. The van der Waals surface area contributed by atoms with Crippen LogP contribution >= 0.6 is 0 Å². The van der Waals surface area contributed by atoms with Crippen LogP contribution in [0.3, 0.4) is 0 Å². The monoisotopic (exact) mass is 323 g/mol. The first kappa shape index (κ1) is 20.5. The number of hydrogen-bond acceptors (Lipinski definition) is 2. The van der Waals surface area contributed by atoms with Crippen LogP contribution in [-0.4, -0.2) is 18.0 Å². The summed E-state index contributed by atoms with van der Waals surface area (Å²) in [6, 6.07) is 0. The van der Waals surface area contributed by atoms with E-state index in [4.69, 9.17) is 4.74 Å². The molecule has 0 aliphatic carbocycles. The summed E-state index contributed by atoms with van der Waals surface area (Å²) in [6.07, 6.45) is 17.8. The van der Waals surface area contributed by atoms with Crippen LogP contribution in [0.2, 0.25) is 0 Å². The largest absolute Gasteiger partial charge is 0.478 e. The lowest BCUT2D eigenvalue weighted by Crippen LogP contribution is -2.17. The van der Waals surface area contributed by atoms with E-state index in [1.54, 1.807) is 0 Å². The van der Waals surface area contributed by atoms with Gasteiger partial charge in [-0.1, -0.05) is 84.5 Å². The first-order valence-electron chi connectivity index (χ1n) is 10.2. The van der Waals surface area contributed by atoms with Gasteiger partial charge in [0.25, 0.3) is 0 Å². The lowest BCUT2D eigenvalue weighted by molar-refractivity contribution is 0.273. The standard InChI is InChI=1S/C21H41NO/c1-5-6-7-12-15-19(2)16-13-10-8-9-11-14-17-20-22-21(3,4)18-23-20/h19H,5-18H2,1-4H3. The summed E-state index contributed by atoms with van der Waals surface area (Å²) in [4.78, 5) is 4.62. The molecule has 0 saturated carbocycles. The van der Waals surface area contributed by atoms with Crippen LogP contribution in [0.15, 0.2) is 4.99 Å². The van der Waals surface area contributed by atoms with Gasteiger partial charge in [-0.2, -0.15) is 0 Å². The molecule has 1 heterocycles. The zero-order valence-electron chi connectivity index (χ0n) is 16.3. The van der Waals surface area contributed by atoms with Crippen molar-refractivity contribution in [1.29, 1.82) is 0 Å². The molecule has 1 aliphatic heterocycles. The van der Waals surface area contributed by atoms with Gasteiger partial charge in [0, 0.05) is 6.42 Å². The van der Waals surface area contributed by atoms with Gasteiger partial charge in [0.15, 0.2) is 5.90 Å². The van der Waals surface area contributed by atoms with Gasteiger partial charge in [0.1, 0.15) is 6.61 Å². The molecule has 0 N–H and O–H groups in total. The molecular formula is C21H41NO. The maximum atomic E-state index is 5.64. The van der Waals surface area contributed by atoms with E-state index >= 15 is 0 Å². The third-order valence-corrected chi connectivity index (χ3v) is 4.91. The van der Waals surface area contributed by atoms with Gasteiger partial charge >= 0.3 is 0 Å². The Morgan fingerprint density at radius 2 is 1.48 bits per heavy atom. The molecular weight excluding hydrogens is 282 g/mol. The molecule has 2 heteroatoms. The summed E-state index contributed by atoms with van der Waals surface area (Å²) in [5.74, 6) is 1.93. The highest BCUT2D eigenvalue weighted by Crippen LogP contribution is 2.20. The van der Waals surface area contributed by atoms with Crippen LogP contribution in [0.5, 0.6) is 0 Å². The molecule has 0 bridgehead atoms. The van der Waals surface area contributed by atoms with Crippen molar-refractivity contribution in [3.63, 3.8) is 0 Å². The number of ether oxygens (including phenoxy) is 1. The van der Waals surface area contributed by atoms with E-state index < -0.39 is 0 Å². The summed E-state index contributed by atoms with van der Waals surface area (Å²) < 4.78 is 5.64. The minimum Gasteiger partial charge on any atom is -0.478 e. The lowest BCUT2D eigenvalue weighted by atomic mass is 9.96. The fourth-order valence-electron chi connectivity index (χ4n) is 3.33. The first-order valence-corrected chi connectivity index (χ1v) is 10.2. The number of nitrogens with zero attached hydrogens (tertiary/aromatic N) is 1. The van der Waals surface area contributed by atoms with E-state index in [-0.39, 0.29) is 5.54 Å². The Bertz CT molecular complexity index is 322. The maximum Gasteiger partial charge on any atom is 0.183 e.